The number of aromatic nitrogens is 1. The fraction of sp³-hybridized carbons (Fsp3) is 0.0909. The molecule has 2 N–H and O–H groups in total. The summed E-state index contributed by atoms with van der Waals surface area (Å²) in [7, 11) is 0. The molecule has 3 rings (SSSR count). The summed E-state index contributed by atoms with van der Waals surface area (Å²) in [5.41, 5.74) is 6.43. The Morgan fingerprint density at radius 2 is 1.68 bits per heavy atom. The van der Waals surface area contributed by atoms with Gasteiger partial charge in [0.05, 0.1) is 5.71 Å². The number of aryl methyl sites for hydroxylation is 1. The van der Waals surface area contributed by atoms with Crippen LogP contribution >= 0.6 is 0 Å². The number of nitrogens with one attached hydrogen (secondary N) is 2. The number of nitrogens with zero attached hydrogens (tertiary/aromatic N) is 2. The summed E-state index contributed by atoms with van der Waals surface area (Å²) in [6.45, 7) is 3.72. The van der Waals surface area contributed by atoms with Crippen molar-refractivity contribution in [3.05, 3.63) is 95.3 Å². The summed E-state index contributed by atoms with van der Waals surface area (Å²) in [4.78, 5) is 28.4. The molecule has 1 aromatic heterocycles. The lowest BCUT2D eigenvalue weighted by atomic mass is 10.1. The summed E-state index contributed by atoms with van der Waals surface area (Å²) >= 11 is 0. The van der Waals surface area contributed by atoms with Crippen LogP contribution in [0.2, 0.25) is 0 Å². The smallest absolute Gasteiger partial charge is 0.289 e. The highest BCUT2D eigenvalue weighted by molar-refractivity contribution is 6.06. The molecule has 0 saturated heterocycles. The minimum atomic E-state index is -0.385. The number of carbonyl (C=O) groups is 2. The Morgan fingerprint density at radius 3 is 2.43 bits per heavy atom. The van der Waals surface area contributed by atoms with Gasteiger partial charge in [-0.25, -0.2) is 5.43 Å². The minimum Gasteiger partial charge on any atom is -0.322 e. The topological polar surface area (TPSA) is 83.4 Å². The zero-order chi connectivity index (χ0) is 19.9. The summed E-state index contributed by atoms with van der Waals surface area (Å²) in [5, 5.41) is 7.01. The number of anilines is 1. The van der Waals surface area contributed by atoms with Gasteiger partial charge in [0.2, 0.25) is 0 Å². The van der Waals surface area contributed by atoms with Crippen LogP contribution in [0.4, 0.5) is 5.69 Å². The fourth-order valence-electron chi connectivity index (χ4n) is 2.57. The number of hydrazone groups is 1. The van der Waals surface area contributed by atoms with Gasteiger partial charge in [-0.05, 0) is 55.8 Å². The molecule has 2 aromatic carbocycles. The molecule has 0 aliphatic heterocycles. The maximum Gasteiger partial charge on any atom is 0.289 e. The van der Waals surface area contributed by atoms with Crippen LogP contribution in [-0.4, -0.2) is 22.5 Å². The highest BCUT2D eigenvalue weighted by Crippen LogP contribution is 2.14. The lowest BCUT2D eigenvalue weighted by Gasteiger charge is -2.08. The number of hydrogen-bond donors (Lipinski definition) is 2. The zero-order valence-corrected chi connectivity index (χ0v) is 15.6. The molecule has 140 valence electrons. The van der Waals surface area contributed by atoms with Gasteiger partial charge < -0.3 is 5.32 Å². The Hall–Kier alpha value is -3.80. The normalized spacial score (nSPS) is 11.0. The molecule has 0 bridgehead atoms. The van der Waals surface area contributed by atoms with Crippen molar-refractivity contribution in [2.24, 2.45) is 5.10 Å². The summed E-state index contributed by atoms with van der Waals surface area (Å²) < 4.78 is 0. The van der Waals surface area contributed by atoms with Crippen LogP contribution in [0.25, 0.3) is 0 Å². The first kappa shape index (κ1) is 19.0. The molecule has 1 heterocycles. The van der Waals surface area contributed by atoms with E-state index in [9.17, 15) is 9.59 Å². The number of hydrogen-bond acceptors (Lipinski definition) is 4. The molecule has 0 fully saturated rings. The molecule has 0 radical (unpaired) electrons. The van der Waals surface area contributed by atoms with Gasteiger partial charge in [-0.15, -0.1) is 0 Å². The van der Waals surface area contributed by atoms with E-state index in [4.69, 9.17) is 0 Å². The second-order valence-electron chi connectivity index (χ2n) is 6.26. The Balaban J connectivity index is 1.70. The highest BCUT2D eigenvalue weighted by Gasteiger charge is 2.08. The van der Waals surface area contributed by atoms with Crippen molar-refractivity contribution in [3.63, 3.8) is 0 Å². The molecule has 6 nitrogen and oxygen atoms in total. The molecule has 0 spiro atoms. The average molecular weight is 372 g/mol. The van der Waals surface area contributed by atoms with E-state index in [1.807, 2.05) is 37.3 Å². The monoisotopic (exact) mass is 372 g/mol. The van der Waals surface area contributed by atoms with Gasteiger partial charge in [0.15, 0.2) is 0 Å². The van der Waals surface area contributed by atoms with Crippen LogP contribution in [0.3, 0.4) is 0 Å². The third-order valence-corrected chi connectivity index (χ3v) is 4.04. The third-order valence-electron chi connectivity index (χ3n) is 4.04. The molecule has 2 amide bonds. The standard InChI is InChI=1S/C22H20N4O2/c1-15-7-5-9-18(13-15)21(27)24-19-10-6-8-17(14-19)16(2)25-26-22(28)20-11-3-4-12-23-20/h3-14H,1-2H3,(H,24,27)(H,26,28). The van der Waals surface area contributed by atoms with Crippen molar-refractivity contribution in [1.82, 2.24) is 10.4 Å². The van der Waals surface area contributed by atoms with Gasteiger partial charge in [0.25, 0.3) is 11.8 Å². The highest BCUT2D eigenvalue weighted by atomic mass is 16.2. The van der Waals surface area contributed by atoms with Crippen LogP contribution < -0.4 is 10.7 Å². The molecule has 3 aromatic rings. The van der Waals surface area contributed by atoms with Crippen molar-refractivity contribution < 1.29 is 9.59 Å². The largest absolute Gasteiger partial charge is 0.322 e. The molecule has 0 saturated carbocycles. The lowest BCUT2D eigenvalue weighted by Crippen LogP contribution is -2.20. The first-order chi connectivity index (χ1) is 13.5. The van der Waals surface area contributed by atoms with E-state index in [1.54, 1.807) is 49.5 Å². The van der Waals surface area contributed by atoms with Crippen molar-refractivity contribution >= 4 is 23.2 Å². The number of benzene rings is 2. The Kier molecular flexibility index (Phi) is 5.91. The van der Waals surface area contributed by atoms with E-state index in [-0.39, 0.29) is 11.8 Å². The third kappa shape index (κ3) is 4.88. The quantitative estimate of drug-likeness (QED) is 0.528. The second kappa shape index (κ2) is 8.73. The first-order valence-corrected chi connectivity index (χ1v) is 8.77. The van der Waals surface area contributed by atoms with E-state index in [0.29, 0.717) is 22.7 Å². The molecule has 0 atom stereocenters. The predicted molar refractivity (Wildman–Crippen MR) is 109 cm³/mol. The number of carbonyl (C=O) groups excluding carboxylic acids is 2. The van der Waals surface area contributed by atoms with Crippen LogP contribution in [-0.2, 0) is 0 Å². The minimum absolute atomic E-state index is 0.182. The molecular formula is C22H20N4O2. The summed E-state index contributed by atoms with van der Waals surface area (Å²) in [6.07, 6.45) is 1.55. The van der Waals surface area contributed by atoms with Crippen LogP contribution in [0.5, 0.6) is 0 Å². The van der Waals surface area contributed by atoms with E-state index < -0.39 is 0 Å². The Labute approximate surface area is 163 Å². The van der Waals surface area contributed by atoms with Crippen LogP contribution in [0.15, 0.2) is 78.0 Å². The Morgan fingerprint density at radius 1 is 0.893 bits per heavy atom. The van der Waals surface area contributed by atoms with Gasteiger partial charge >= 0.3 is 0 Å². The number of pyridine rings is 1. The number of rotatable bonds is 5. The van der Waals surface area contributed by atoms with Gasteiger partial charge in [-0.2, -0.15) is 5.10 Å². The lowest BCUT2D eigenvalue weighted by molar-refractivity contribution is 0.0949. The molecular weight excluding hydrogens is 352 g/mol. The van der Waals surface area contributed by atoms with E-state index >= 15 is 0 Å². The molecule has 0 aliphatic rings. The zero-order valence-electron chi connectivity index (χ0n) is 15.6. The van der Waals surface area contributed by atoms with E-state index in [2.05, 4.69) is 20.8 Å². The second-order valence-corrected chi connectivity index (χ2v) is 6.26. The van der Waals surface area contributed by atoms with E-state index in [0.717, 1.165) is 11.1 Å². The van der Waals surface area contributed by atoms with Crippen molar-refractivity contribution in [1.29, 1.82) is 0 Å². The average Bonchev–Trinajstić information content (AvgIpc) is 2.72. The van der Waals surface area contributed by atoms with Crippen molar-refractivity contribution in [2.75, 3.05) is 5.32 Å². The maximum atomic E-state index is 12.4. The van der Waals surface area contributed by atoms with Gasteiger partial charge in [-0.1, -0.05) is 35.9 Å². The summed E-state index contributed by atoms with van der Waals surface area (Å²) in [5.74, 6) is -0.567. The molecule has 0 aliphatic carbocycles. The van der Waals surface area contributed by atoms with E-state index in [1.165, 1.54) is 0 Å². The predicted octanol–water partition coefficient (Wildman–Crippen LogP) is 3.80. The van der Waals surface area contributed by atoms with Gasteiger partial charge in [0.1, 0.15) is 5.69 Å². The maximum absolute atomic E-state index is 12.4. The molecule has 6 heteroatoms. The van der Waals surface area contributed by atoms with Crippen LogP contribution in [0, 0.1) is 6.92 Å². The number of amides is 2. The van der Waals surface area contributed by atoms with Gasteiger partial charge in [0, 0.05) is 17.4 Å². The Bertz CT molecular complexity index is 1030. The first-order valence-electron chi connectivity index (χ1n) is 8.77. The molecule has 28 heavy (non-hydrogen) atoms. The SMILES string of the molecule is CC(=NNC(=O)c1ccccn1)c1cccc(NC(=O)c2cccc(C)c2)c1. The van der Waals surface area contributed by atoms with Crippen molar-refractivity contribution in [3.8, 4) is 0 Å². The summed E-state index contributed by atoms with van der Waals surface area (Å²) in [6, 6.07) is 19.8. The molecule has 0 unspecified atom stereocenters. The van der Waals surface area contributed by atoms with Crippen LogP contribution in [0.1, 0.15) is 38.9 Å². The van der Waals surface area contributed by atoms with Gasteiger partial charge in [-0.3, -0.25) is 14.6 Å². The van der Waals surface area contributed by atoms with Crippen molar-refractivity contribution in [2.45, 2.75) is 13.8 Å². The fourth-order valence-corrected chi connectivity index (χ4v) is 2.57.